The predicted molar refractivity (Wildman–Crippen MR) is 113 cm³/mol. The zero-order chi connectivity index (χ0) is 21.6. The van der Waals surface area contributed by atoms with Crippen molar-refractivity contribution in [1.29, 1.82) is 0 Å². The first-order valence-electron chi connectivity index (χ1n) is 10.2. The first-order chi connectivity index (χ1) is 14.3. The van der Waals surface area contributed by atoms with Gasteiger partial charge in [0.25, 0.3) is 0 Å². The van der Waals surface area contributed by atoms with E-state index in [2.05, 4.69) is 5.32 Å². The standard InChI is InChI=1S/C24H26N2O4/c1-5-30-23(29)24(4)19-18(20(25-24)17-9-7-6-8-15(17)3)21(27)26(22(19)28)16-12-10-14(2)11-13-16/h6-13,18-20,25H,5H2,1-4H3/t18-,19-,20-,24+/m0/s1. The number of fused-ring (bicyclic) bond motifs is 1. The summed E-state index contributed by atoms with van der Waals surface area (Å²) in [6.45, 7) is 7.51. The highest BCUT2D eigenvalue weighted by atomic mass is 16.5. The normalized spacial score (nSPS) is 28.0. The molecule has 2 heterocycles. The number of hydrogen-bond donors (Lipinski definition) is 1. The average molecular weight is 406 g/mol. The maximum Gasteiger partial charge on any atom is 0.326 e. The second kappa shape index (κ2) is 7.36. The zero-order valence-corrected chi connectivity index (χ0v) is 17.6. The van der Waals surface area contributed by atoms with Gasteiger partial charge in [-0.2, -0.15) is 0 Å². The van der Waals surface area contributed by atoms with Crippen LogP contribution in [0.1, 0.15) is 36.6 Å². The minimum atomic E-state index is -1.29. The number of carbonyl (C=O) groups excluding carboxylic acids is 3. The van der Waals surface area contributed by atoms with Crippen LogP contribution in [0.4, 0.5) is 5.69 Å². The summed E-state index contributed by atoms with van der Waals surface area (Å²) >= 11 is 0. The van der Waals surface area contributed by atoms with Crippen LogP contribution in [-0.2, 0) is 19.1 Å². The van der Waals surface area contributed by atoms with E-state index < -0.39 is 29.4 Å². The molecule has 2 aromatic rings. The summed E-state index contributed by atoms with van der Waals surface area (Å²) in [6.07, 6.45) is 0. The van der Waals surface area contributed by atoms with Gasteiger partial charge in [0.1, 0.15) is 5.54 Å². The maximum absolute atomic E-state index is 13.6. The second-order valence-electron chi connectivity index (χ2n) is 8.25. The molecule has 4 atom stereocenters. The fourth-order valence-corrected chi connectivity index (χ4v) is 4.76. The van der Waals surface area contributed by atoms with Crippen LogP contribution in [0.5, 0.6) is 0 Å². The van der Waals surface area contributed by atoms with E-state index in [0.717, 1.165) is 16.7 Å². The van der Waals surface area contributed by atoms with Crippen LogP contribution in [0.2, 0.25) is 0 Å². The molecule has 2 aliphatic heterocycles. The van der Waals surface area contributed by atoms with Gasteiger partial charge in [-0.25, -0.2) is 4.90 Å². The highest BCUT2D eigenvalue weighted by molar-refractivity contribution is 6.24. The third kappa shape index (κ3) is 2.94. The molecule has 0 bridgehead atoms. The minimum Gasteiger partial charge on any atom is -0.465 e. The van der Waals surface area contributed by atoms with Crippen LogP contribution in [0.3, 0.4) is 0 Å². The Morgan fingerprint density at radius 3 is 2.37 bits per heavy atom. The lowest BCUT2D eigenvalue weighted by molar-refractivity contribution is -0.153. The van der Waals surface area contributed by atoms with Crippen LogP contribution >= 0.6 is 0 Å². The number of anilines is 1. The molecule has 0 aliphatic carbocycles. The topological polar surface area (TPSA) is 75.7 Å². The van der Waals surface area contributed by atoms with Gasteiger partial charge < -0.3 is 4.74 Å². The first kappa shape index (κ1) is 20.3. The Labute approximate surface area is 176 Å². The van der Waals surface area contributed by atoms with Crippen molar-refractivity contribution in [3.8, 4) is 0 Å². The number of ether oxygens (including phenoxy) is 1. The van der Waals surface area contributed by atoms with Gasteiger partial charge in [-0.1, -0.05) is 42.0 Å². The van der Waals surface area contributed by atoms with Crippen molar-refractivity contribution in [2.24, 2.45) is 11.8 Å². The van der Waals surface area contributed by atoms with Crippen LogP contribution < -0.4 is 10.2 Å². The van der Waals surface area contributed by atoms with Crippen molar-refractivity contribution in [1.82, 2.24) is 5.32 Å². The molecular weight excluding hydrogens is 380 g/mol. The molecule has 2 amide bonds. The number of benzene rings is 2. The monoisotopic (exact) mass is 406 g/mol. The molecule has 0 saturated carbocycles. The minimum absolute atomic E-state index is 0.201. The fraction of sp³-hybridized carbons (Fsp3) is 0.375. The summed E-state index contributed by atoms with van der Waals surface area (Å²) in [5.41, 5.74) is 2.18. The SMILES string of the molecule is CCOC(=O)[C@]1(C)N[C@@H](c2ccccc2C)[C@H]2C(=O)N(c3ccc(C)cc3)C(=O)[C@H]21. The van der Waals surface area contributed by atoms with E-state index >= 15 is 0 Å². The third-order valence-corrected chi connectivity index (χ3v) is 6.30. The number of amides is 2. The van der Waals surface area contributed by atoms with E-state index in [-0.39, 0.29) is 18.4 Å². The highest BCUT2D eigenvalue weighted by Crippen LogP contribution is 2.50. The van der Waals surface area contributed by atoms with E-state index in [9.17, 15) is 14.4 Å². The van der Waals surface area contributed by atoms with Crippen LogP contribution in [0.25, 0.3) is 0 Å². The van der Waals surface area contributed by atoms with Gasteiger partial charge in [-0.3, -0.25) is 19.7 Å². The van der Waals surface area contributed by atoms with Gasteiger partial charge in [0.2, 0.25) is 11.8 Å². The number of aryl methyl sites for hydroxylation is 2. The van der Waals surface area contributed by atoms with Crippen molar-refractivity contribution in [2.75, 3.05) is 11.5 Å². The molecule has 2 aliphatic rings. The van der Waals surface area contributed by atoms with Crippen LogP contribution in [0.15, 0.2) is 48.5 Å². The van der Waals surface area contributed by atoms with Gasteiger partial charge in [-0.15, -0.1) is 0 Å². The Morgan fingerprint density at radius 2 is 1.73 bits per heavy atom. The lowest BCUT2D eigenvalue weighted by Gasteiger charge is -2.29. The number of imide groups is 1. The smallest absolute Gasteiger partial charge is 0.326 e. The molecule has 4 rings (SSSR count). The quantitative estimate of drug-likeness (QED) is 0.624. The molecule has 2 fully saturated rings. The lowest BCUT2D eigenvalue weighted by Crippen LogP contribution is -2.54. The van der Waals surface area contributed by atoms with Crippen molar-refractivity contribution < 1.29 is 19.1 Å². The summed E-state index contributed by atoms with van der Waals surface area (Å²) < 4.78 is 5.31. The Hall–Kier alpha value is -2.99. The van der Waals surface area contributed by atoms with Crippen molar-refractivity contribution in [3.63, 3.8) is 0 Å². The van der Waals surface area contributed by atoms with E-state index in [1.807, 2.05) is 50.2 Å². The summed E-state index contributed by atoms with van der Waals surface area (Å²) in [6, 6.07) is 14.5. The number of esters is 1. The Balaban J connectivity index is 1.83. The Morgan fingerprint density at radius 1 is 1.07 bits per heavy atom. The zero-order valence-electron chi connectivity index (χ0n) is 17.6. The highest BCUT2D eigenvalue weighted by Gasteiger charge is 2.67. The van der Waals surface area contributed by atoms with Crippen LogP contribution in [-0.4, -0.2) is 29.9 Å². The number of nitrogens with zero attached hydrogens (tertiary/aromatic N) is 1. The summed E-state index contributed by atoms with van der Waals surface area (Å²) in [7, 11) is 0. The predicted octanol–water partition coefficient (Wildman–Crippen LogP) is 3.08. The van der Waals surface area contributed by atoms with Crippen molar-refractivity contribution >= 4 is 23.5 Å². The molecule has 0 radical (unpaired) electrons. The third-order valence-electron chi connectivity index (χ3n) is 6.30. The van der Waals surface area contributed by atoms with Gasteiger partial charge in [0.15, 0.2) is 0 Å². The van der Waals surface area contributed by atoms with Crippen LogP contribution in [0, 0.1) is 25.7 Å². The number of hydrogen-bond acceptors (Lipinski definition) is 5. The van der Waals surface area contributed by atoms with E-state index in [0.29, 0.717) is 5.69 Å². The molecule has 0 unspecified atom stereocenters. The fourth-order valence-electron chi connectivity index (χ4n) is 4.76. The first-order valence-corrected chi connectivity index (χ1v) is 10.2. The summed E-state index contributed by atoms with van der Waals surface area (Å²) in [5, 5.41) is 3.31. The maximum atomic E-state index is 13.6. The molecule has 2 aromatic carbocycles. The molecule has 156 valence electrons. The molecule has 6 heteroatoms. The Kier molecular flexibility index (Phi) is 4.98. The number of rotatable bonds is 4. The number of carbonyl (C=O) groups is 3. The largest absolute Gasteiger partial charge is 0.465 e. The van der Waals surface area contributed by atoms with Gasteiger partial charge in [0, 0.05) is 6.04 Å². The summed E-state index contributed by atoms with van der Waals surface area (Å²) in [4.78, 5) is 41.3. The van der Waals surface area contributed by atoms with E-state index in [4.69, 9.17) is 4.74 Å². The molecule has 2 saturated heterocycles. The molecular formula is C24H26N2O4. The lowest BCUT2D eigenvalue weighted by atomic mass is 9.80. The van der Waals surface area contributed by atoms with Crippen molar-refractivity contribution in [3.05, 3.63) is 65.2 Å². The van der Waals surface area contributed by atoms with E-state index in [1.165, 1.54) is 4.90 Å². The molecule has 30 heavy (non-hydrogen) atoms. The molecule has 0 spiro atoms. The van der Waals surface area contributed by atoms with Gasteiger partial charge in [0.05, 0.1) is 24.1 Å². The number of nitrogens with one attached hydrogen (secondary N) is 1. The molecule has 0 aromatic heterocycles. The average Bonchev–Trinajstić information content (AvgIpc) is 3.17. The van der Waals surface area contributed by atoms with Gasteiger partial charge in [-0.05, 0) is 51.0 Å². The summed E-state index contributed by atoms with van der Waals surface area (Å²) in [5.74, 6) is -2.69. The second-order valence-corrected chi connectivity index (χ2v) is 8.25. The van der Waals surface area contributed by atoms with Gasteiger partial charge >= 0.3 is 5.97 Å². The Bertz CT molecular complexity index is 1020. The van der Waals surface area contributed by atoms with E-state index in [1.54, 1.807) is 26.0 Å². The van der Waals surface area contributed by atoms with Crippen molar-refractivity contribution in [2.45, 2.75) is 39.3 Å². The molecule has 1 N–H and O–H groups in total. The molecule has 6 nitrogen and oxygen atoms in total.